The van der Waals surface area contributed by atoms with Crippen molar-refractivity contribution < 1.29 is 23.5 Å². The first-order chi connectivity index (χ1) is 13.2. The van der Waals surface area contributed by atoms with Crippen LogP contribution in [0.15, 0.2) is 34.8 Å². The van der Waals surface area contributed by atoms with Crippen molar-refractivity contribution in [2.75, 3.05) is 11.9 Å². The van der Waals surface area contributed by atoms with Gasteiger partial charge in [-0.2, -0.15) is 0 Å². The predicted molar refractivity (Wildman–Crippen MR) is 106 cm³/mol. The normalized spacial score (nSPS) is 11.0. The molecule has 7 nitrogen and oxygen atoms in total. The molecular formula is C21H24N2O5. The second kappa shape index (κ2) is 9.03. The highest BCUT2D eigenvalue weighted by Gasteiger charge is 2.28. The van der Waals surface area contributed by atoms with Gasteiger partial charge in [0.05, 0.1) is 6.61 Å². The lowest BCUT2D eigenvalue weighted by atomic mass is 10.0. The van der Waals surface area contributed by atoms with E-state index in [-0.39, 0.29) is 29.4 Å². The molecular weight excluding hydrogens is 360 g/mol. The molecule has 0 saturated carbocycles. The van der Waals surface area contributed by atoms with Crippen molar-refractivity contribution in [2.45, 2.75) is 33.6 Å². The van der Waals surface area contributed by atoms with Gasteiger partial charge in [0, 0.05) is 6.08 Å². The minimum atomic E-state index is -0.900. The first-order valence-corrected chi connectivity index (χ1v) is 8.93. The molecule has 0 saturated heterocycles. The quantitative estimate of drug-likeness (QED) is 0.559. The number of benzene rings is 1. The van der Waals surface area contributed by atoms with E-state index in [1.54, 1.807) is 13.0 Å². The van der Waals surface area contributed by atoms with Crippen molar-refractivity contribution in [2.24, 2.45) is 5.73 Å². The van der Waals surface area contributed by atoms with Crippen LogP contribution in [0.5, 0.6) is 0 Å². The van der Waals surface area contributed by atoms with Gasteiger partial charge >= 0.3 is 5.97 Å². The Bertz CT molecular complexity index is 908. The Hall–Kier alpha value is -3.35. The van der Waals surface area contributed by atoms with E-state index in [1.807, 2.05) is 24.3 Å². The van der Waals surface area contributed by atoms with Crippen molar-refractivity contribution in [3.8, 4) is 0 Å². The van der Waals surface area contributed by atoms with Gasteiger partial charge in [0.15, 0.2) is 0 Å². The lowest BCUT2D eigenvalue weighted by molar-refractivity contribution is -0.111. The van der Waals surface area contributed by atoms with E-state index in [4.69, 9.17) is 14.9 Å². The molecule has 28 heavy (non-hydrogen) atoms. The maximum Gasteiger partial charge on any atom is 0.342 e. The van der Waals surface area contributed by atoms with E-state index in [2.05, 4.69) is 19.2 Å². The van der Waals surface area contributed by atoms with Crippen molar-refractivity contribution in [3.63, 3.8) is 0 Å². The number of ether oxygens (including phenoxy) is 1. The highest BCUT2D eigenvalue weighted by molar-refractivity contribution is 6.12. The van der Waals surface area contributed by atoms with Gasteiger partial charge in [-0.1, -0.05) is 38.1 Å². The summed E-state index contributed by atoms with van der Waals surface area (Å²) >= 11 is 0. The zero-order valence-corrected chi connectivity index (χ0v) is 16.4. The van der Waals surface area contributed by atoms with Gasteiger partial charge in [-0.05, 0) is 37.0 Å². The molecule has 1 heterocycles. The molecule has 0 atom stereocenters. The third kappa shape index (κ3) is 4.88. The van der Waals surface area contributed by atoms with Crippen LogP contribution in [-0.2, 0) is 9.53 Å². The summed E-state index contributed by atoms with van der Waals surface area (Å²) in [6.07, 6.45) is 2.93. The lowest BCUT2D eigenvalue weighted by Crippen LogP contribution is -2.19. The zero-order valence-electron chi connectivity index (χ0n) is 16.4. The molecule has 0 radical (unpaired) electrons. The average Bonchev–Trinajstić information content (AvgIpc) is 2.96. The van der Waals surface area contributed by atoms with Crippen LogP contribution in [0.3, 0.4) is 0 Å². The molecule has 0 unspecified atom stereocenters. The van der Waals surface area contributed by atoms with Gasteiger partial charge in [-0.25, -0.2) is 4.79 Å². The number of primary amides is 1. The topological polar surface area (TPSA) is 112 Å². The molecule has 2 rings (SSSR count). The number of nitrogens with one attached hydrogen (secondary N) is 1. The number of hydrogen-bond acceptors (Lipinski definition) is 5. The minimum Gasteiger partial charge on any atom is -0.462 e. The molecule has 1 aromatic carbocycles. The zero-order chi connectivity index (χ0) is 20.8. The number of rotatable bonds is 7. The number of anilines is 1. The van der Waals surface area contributed by atoms with Crippen LogP contribution in [0, 0.1) is 6.92 Å². The summed E-state index contributed by atoms with van der Waals surface area (Å²) in [5.74, 6) is -1.79. The number of hydrogen-bond donors (Lipinski definition) is 2. The number of esters is 1. The summed E-state index contributed by atoms with van der Waals surface area (Å²) in [5, 5.41) is 2.45. The number of nitrogens with two attached hydrogens (primary N) is 1. The fraction of sp³-hybridized carbons (Fsp3) is 0.286. The Morgan fingerprint density at radius 1 is 1.18 bits per heavy atom. The van der Waals surface area contributed by atoms with Crippen molar-refractivity contribution in [1.29, 1.82) is 0 Å². The van der Waals surface area contributed by atoms with Gasteiger partial charge in [0.2, 0.25) is 5.88 Å². The minimum absolute atomic E-state index is 0.0853. The Morgan fingerprint density at radius 2 is 1.82 bits per heavy atom. The van der Waals surface area contributed by atoms with E-state index in [0.29, 0.717) is 5.92 Å². The number of furan rings is 1. The second-order valence-corrected chi connectivity index (χ2v) is 6.47. The van der Waals surface area contributed by atoms with Crippen LogP contribution in [0.1, 0.15) is 64.3 Å². The van der Waals surface area contributed by atoms with Crippen molar-refractivity contribution in [1.82, 2.24) is 0 Å². The van der Waals surface area contributed by atoms with Crippen LogP contribution in [0.25, 0.3) is 6.08 Å². The predicted octanol–water partition coefficient (Wildman–Crippen LogP) is 3.64. The molecule has 0 aliphatic heterocycles. The van der Waals surface area contributed by atoms with Crippen LogP contribution in [0.4, 0.5) is 5.88 Å². The Kier molecular flexibility index (Phi) is 6.76. The highest BCUT2D eigenvalue weighted by atomic mass is 16.5. The average molecular weight is 384 g/mol. The van der Waals surface area contributed by atoms with Gasteiger partial charge in [-0.15, -0.1) is 0 Å². The molecule has 0 bridgehead atoms. The van der Waals surface area contributed by atoms with Crippen molar-refractivity contribution in [3.05, 3.63) is 58.4 Å². The smallest absolute Gasteiger partial charge is 0.342 e. The van der Waals surface area contributed by atoms with E-state index < -0.39 is 17.8 Å². The van der Waals surface area contributed by atoms with Gasteiger partial charge in [0.25, 0.3) is 11.8 Å². The van der Waals surface area contributed by atoms with Crippen LogP contribution < -0.4 is 11.1 Å². The summed E-state index contributed by atoms with van der Waals surface area (Å²) in [6.45, 7) is 7.45. The molecule has 0 aliphatic rings. The molecule has 148 valence electrons. The van der Waals surface area contributed by atoms with Crippen LogP contribution in [-0.4, -0.2) is 24.4 Å². The van der Waals surface area contributed by atoms with Crippen molar-refractivity contribution >= 4 is 29.7 Å². The molecule has 7 heteroatoms. The summed E-state index contributed by atoms with van der Waals surface area (Å²) < 4.78 is 10.3. The van der Waals surface area contributed by atoms with E-state index in [1.165, 1.54) is 18.6 Å². The Morgan fingerprint density at radius 3 is 2.36 bits per heavy atom. The number of carbonyl (C=O) groups excluding carboxylic acids is 3. The maximum atomic E-state index is 12.2. The number of aryl methyl sites for hydroxylation is 1. The summed E-state index contributed by atoms with van der Waals surface area (Å²) in [7, 11) is 0. The fourth-order valence-corrected chi connectivity index (χ4v) is 2.63. The molecule has 2 amide bonds. The molecule has 1 aromatic heterocycles. The van der Waals surface area contributed by atoms with Crippen LogP contribution >= 0.6 is 0 Å². The molecule has 0 spiro atoms. The first kappa shape index (κ1) is 21.0. The Balaban J connectivity index is 2.20. The van der Waals surface area contributed by atoms with E-state index in [9.17, 15) is 14.4 Å². The SMILES string of the molecule is CCOC(=O)c1c(C)oc(NC(=O)/C=C/c2ccc(C(C)C)cc2)c1C(N)=O. The summed E-state index contributed by atoms with van der Waals surface area (Å²) in [4.78, 5) is 36.1. The molecule has 3 N–H and O–H groups in total. The van der Waals surface area contributed by atoms with E-state index in [0.717, 1.165) is 5.56 Å². The fourth-order valence-electron chi connectivity index (χ4n) is 2.63. The highest BCUT2D eigenvalue weighted by Crippen LogP contribution is 2.27. The second-order valence-electron chi connectivity index (χ2n) is 6.47. The third-order valence-electron chi connectivity index (χ3n) is 4.08. The summed E-state index contributed by atoms with van der Waals surface area (Å²) in [6, 6.07) is 7.80. The number of carbonyl (C=O) groups is 3. The number of amides is 2. The lowest BCUT2D eigenvalue weighted by Gasteiger charge is -2.05. The first-order valence-electron chi connectivity index (χ1n) is 8.93. The molecule has 0 fully saturated rings. The van der Waals surface area contributed by atoms with E-state index >= 15 is 0 Å². The third-order valence-corrected chi connectivity index (χ3v) is 4.08. The monoisotopic (exact) mass is 384 g/mol. The maximum absolute atomic E-state index is 12.2. The largest absolute Gasteiger partial charge is 0.462 e. The Labute approximate surface area is 163 Å². The molecule has 2 aromatic rings. The van der Waals surface area contributed by atoms with Gasteiger partial charge in [-0.3, -0.25) is 14.9 Å². The standard InChI is InChI=1S/C21H24N2O5/c1-5-27-21(26)17-13(4)28-20(18(17)19(22)25)23-16(24)11-8-14-6-9-15(10-7-14)12(2)3/h6-12H,5H2,1-4H3,(H2,22,25)(H,23,24)/b11-8+. The molecule has 0 aliphatic carbocycles. The summed E-state index contributed by atoms with van der Waals surface area (Å²) in [5.41, 5.74) is 7.12. The van der Waals surface area contributed by atoms with Crippen LogP contribution in [0.2, 0.25) is 0 Å². The van der Waals surface area contributed by atoms with Gasteiger partial charge < -0.3 is 14.9 Å². The van der Waals surface area contributed by atoms with Gasteiger partial charge in [0.1, 0.15) is 16.9 Å².